The van der Waals surface area contributed by atoms with Crippen molar-refractivity contribution in [1.82, 2.24) is 25.9 Å². The maximum atomic E-state index is 11.3. The van der Waals surface area contributed by atoms with Crippen molar-refractivity contribution < 1.29 is 9.32 Å². The van der Waals surface area contributed by atoms with Gasteiger partial charge in [0.1, 0.15) is 0 Å². The molecular weight excluding hydrogens is 186 g/mol. The lowest BCUT2D eigenvalue weighted by Crippen LogP contribution is -2.22. The van der Waals surface area contributed by atoms with Gasteiger partial charge in [-0.15, -0.1) is 0 Å². The van der Waals surface area contributed by atoms with Crippen LogP contribution in [0.5, 0.6) is 0 Å². The topological polar surface area (TPSA) is 96.7 Å². The Bertz CT molecular complexity index is 394. The maximum Gasteiger partial charge on any atom is 0.273 e. The minimum Gasteiger partial charge on any atom is -0.360 e. The number of aromatic nitrogens is 4. The molecule has 7 heteroatoms. The van der Waals surface area contributed by atoms with E-state index < -0.39 is 0 Å². The predicted molar refractivity (Wildman–Crippen MR) is 44.1 cm³/mol. The summed E-state index contributed by atoms with van der Waals surface area (Å²) in [5.41, 5.74) is 0.240. The smallest absolute Gasteiger partial charge is 0.273 e. The summed E-state index contributed by atoms with van der Waals surface area (Å²) in [5.74, 6) is 0.275. The van der Waals surface area contributed by atoms with Crippen LogP contribution in [-0.4, -0.2) is 26.5 Å². The second-order valence-corrected chi connectivity index (χ2v) is 2.52. The monoisotopic (exact) mass is 193 g/mol. The fourth-order valence-corrected chi connectivity index (χ4v) is 0.902. The highest BCUT2D eigenvalue weighted by molar-refractivity contribution is 5.91. The molecule has 0 bridgehead atoms. The zero-order valence-corrected chi connectivity index (χ0v) is 7.10. The lowest BCUT2D eigenvalue weighted by molar-refractivity contribution is 0.0942. The number of rotatable bonds is 3. The van der Waals surface area contributed by atoms with E-state index in [-0.39, 0.29) is 18.1 Å². The van der Waals surface area contributed by atoms with E-state index in [1.807, 2.05) is 0 Å². The summed E-state index contributed by atoms with van der Waals surface area (Å²) in [5, 5.41) is 15.6. The first kappa shape index (κ1) is 8.42. The van der Waals surface area contributed by atoms with Gasteiger partial charge in [0.15, 0.2) is 11.5 Å². The first-order valence-electron chi connectivity index (χ1n) is 3.90. The molecule has 72 valence electrons. The third-order valence-corrected chi connectivity index (χ3v) is 1.56. The third kappa shape index (κ3) is 1.76. The highest BCUT2D eigenvalue weighted by Gasteiger charge is 2.08. The van der Waals surface area contributed by atoms with E-state index in [0.29, 0.717) is 5.76 Å². The molecule has 2 heterocycles. The minimum absolute atomic E-state index is 0.240. The highest BCUT2D eigenvalue weighted by Crippen LogP contribution is 1.96. The Morgan fingerprint density at radius 1 is 1.64 bits per heavy atom. The van der Waals surface area contributed by atoms with Crippen LogP contribution in [-0.2, 0) is 6.54 Å². The average Bonchev–Trinajstić information content (AvgIpc) is 2.87. The molecule has 0 aliphatic heterocycles. The molecule has 14 heavy (non-hydrogen) atoms. The molecule has 0 fully saturated rings. The van der Waals surface area contributed by atoms with Gasteiger partial charge in [0.05, 0.1) is 18.9 Å². The van der Waals surface area contributed by atoms with Crippen molar-refractivity contribution in [3.05, 3.63) is 29.9 Å². The number of amides is 1. The van der Waals surface area contributed by atoms with E-state index in [2.05, 4.69) is 25.9 Å². The quantitative estimate of drug-likeness (QED) is 0.698. The Morgan fingerprint density at radius 3 is 3.21 bits per heavy atom. The van der Waals surface area contributed by atoms with Gasteiger partial charge in [0, 0.05) is 6.07 Å². The Labute approximate surface area is 78.5 Å². The van der Waals surface area contributed by atoms with Crippen LogP contribution in [0.2, 0.25) is 0 Å². The van der Waals surface area contributed by atoms with Gasteiger partial charge in [-0.3, -0.25) is 4.79 Å². The van der Waals surface area contributed by atoms with Crippen molar-refractivity contribution in [2.75, 3.05) is 0 Å². The molecular formula is C7H7N5O2. The molecule has 0 radical (unpaired) electrons. The van der Waals surface area contributed by atoms with E-state index >= 15 is 0 Å². The average molecular weight is 193 g/mol. The summed E-state index contributed by atoms with van der Waals surface area (Å²) in [6.45, 7) is 0.283. The van der Waals surface area contributed by atoms with Gasteiger partial charge >= 0.3 is 0 Å². The number of carbonyl (C=O) groups excluding carboxylic acids is 1. The van der Waals surface area contributed by atoms with E-state index in [1.54, 1.807) is 6.07 Å². The summed E-state index contributed by atoms with van der Waals surface area (Å²) in [6, 6.07) is 1.67. The lowest BCUT2D eigenvalue weighted by Gasteiger charge is -1.97. The van der Waals surface area contributed by atoms with Crippen LogP contribution in [0, 0.1) is 0 Å². The standard InChI is InChI=1S/C7H7N5O2/c13-7(6-4-9-12-11-6)8-3-5-1-2-10-14-5/h1-2,4H,3H2,(H,8,13)(H,9,11,12). The summed E-state index contributed by atoms with van der Waals surface area (Å²) >= 11 is 0. The molecule has 0 unspecified atom stereocenters. The molecule has 2 rings (SSSR count). The lowest BCUT2D eigenvalue weighted by atomic mass is 10.4. The first-order chi connectivity index (χ1) is 6.86. The molecule has 7 nitrogen and oxygen atoms in total. The summed E-state index contributed by atoms with van der Waals surface area (Å²) < 4.78 is 4.79. The number of hydrogen-bond acceptors (Lipinski definition) is 5. The van der Waals surface area contributed by atoms with Crippen LogP contribution in [0.4, 0.5) is 0 Å². The molecule has 2 N–H and O–H groups in total. The minimum atomic E-state index is -0.310. The van der Waals surface area contributed by atoms with Gasteiger partial charge in [-0.05, 0) is 0 Å². The van der Waals surface area contributed by atoms with Gasteiger partial charge in [0.25, 0.3) is 5.91 Å². The molecule has 0 saturated carbocycles. The van der Waals surface area contributed by atoms with Crippen LogP contribution in [0.1, 0.15) is 16.2 Å². The third-order valence-electron chi connectivity index (χ3n) is 1.56. The van der Waals surface area contributed by atoms with Crippen LogP contribution >= 0.6 is 0 Å². The number of aromatic amines is 1. The second-order valence-electron chi connectivity index (χ2n) is 2.52. The van der Waals surface area contributed by atoms with Crippen LogP contribution < -0.4 is 5.32 Å². The predicted octanol–water partition coefficient (Wildman–Crippen LogP) is -0.277. The van der Waals surface area contributed by atoms with Crippen LogP contribution in [0.15, 0.2) is 23.0 Å². The molecule has 0 spiro atoms. The maximum absolute atomic E-state index is 11.3. The molecule has 0 aliphatic rings. The molecule has 0 saturated heterocycles. The Hall–Kier alpha value is -2.18. The fourth-order valence-electron chi connectivity index (χ4n) is 0.902. The van der Waals surface area contributed by atoms with Crippen molar-refractivity contribution in [3.8, 4) is 0 Å². The Kier molecular flexibility index (Phi) is 2.22. The summed E-state index contributed by atoms with van der Waals surface area (Å²) in [4.78, 5) is 11.3. The number of nitrogens with zero attached hydrogens (tertiary/aromatic N) is 3. The zero-order valence-electron chi connectivity index (χ0n) is 7.10. The number of H-pyrrole nitrogens is 1. The number of carbonyl (C=O) groups is 1. The molecule has 0 aliphatic carbocycles. The largest absolute Gasteiger partial charge is 0.360 e. The van der Waals surface area contributed by atoms with E-state index in [1.165, 1.54) is 12.4 Å². The van der Waals surface area contributed by atoms with Crippen molar-refractivity contribution in [3.63, 3.8) is 0 Å². The molecule has 0 aromatic carbocycles. The Morgan fingerprint density at radius 2 is 2.57 bits per heavy atom. The van der Waals surface area contributed by atoms with Crippen molar-refractivity contribution >= 4 is 5.91 Å². The molecule has 0 atom stereocenters. The molecule has 2 aromatic rings. The molecule has 1 amide bonds. The van der Waals surface area contributed by atoms with E-state index in [0.717, 1.165) is 0 Å². The fraction of sp³-hybridized carbons (Fsp3) is 0.143. The van der Waals surface area contributed by atoms with Gasteiger partial charge in [-0.1, -0.05) is 5.16 Å². The van der Waals surface area contributed by atoms with Crippen molar-refractivity contribution in [2.45, 2.75) is 6.54 Å². The Balaban J connectivity index is 1.90. The van der Waals surface area contributed by atoms with Gasteiger partial charge in [-0.25, -0.2) is 0 Å². The zero-order chi connectivity index (χ0) is 9.80. The molecule has 2 aromatic heterocycles. The normalized spacial score (nSPS) is 10.0. The van der Waals surface area contributed by atoms with Crippen molar-refractivity contribution in [1.29, 1.82) is 0 Å². The van der Waals surface area contributed by atoms with Gasteiger partial charge < -0.3 is 9.84 Å². The first-order valence-corrected chi connectivity index (χ1v) is 3.90. The van der Waals surface area contributed by atoms with Gasteiger partial charge in [0.2, 0.25) is 0 Å². The van der Waals surface area contributed by atoms with Crippen LogP contribution in [0.3, 0.4) is 0 Å². The van der Waals surface area contributed by atoms with E-state index in [4.69, 9.17) is 4.52 Å². The van der Waals surface area contributed by atoms with Gasteiger partial charge in [-0.2, -0.15) is 15.4 Å². The number of nitrogens with one attached hydrogen (secondary N) is 2. The summed E-state index contributed by atoms with van der Waals surface area (Å²) in [6.07, 6.45) is 2.85. The number of hydrogen-bond donors (Lipinski definition) is 2. The van der Waals surface area contributed by atoms with Crippen molar-refractivity contribution in [2.24, 2.45) is 0 Å². The van der Waals surface area contributed by atoms with Crippen LogP contribution in [0.25, 0.3) is 0 Å². The SMILES string of the molecule is O=C(NCc1ccno1)c1cn[nH]n1. The summed E-state index contributed by atoms with van der Waals surface area (Å²) in [7, 11) is 0. The van der Waals surface area contributed by atoms with E-state index in [9.17, 15) is 4.79 Å². The highest BCUT2D eigenvalue weighted by atomic mass is 16.5. The second kappa shape index (κ2) is 3.69.